The topological polar surface area (TPSA) is 107 Å². The summed E-state index contributed by atoms with van der Waals surface area (Å²) >= 11 is 0. The fourth-order valence-corrected chi connectivity index (χ4v) is 2.12. The van der Waals surface area contributed by atoms with Gasteiger partial charge in [-0.1, -0.05) is 0 Å². The Morgan fingerprint density at radius 3 is 2.50 bits per heavy atom. The molecule has 1 N–H and O–H groups in total. The summed E-state index contributed by atoms with van der Waals surface area (Å²) in [6, 6.07) is 3.95. The molecule has 10 heteroatoms. The van der Waals surface area contributed by atoms with E-state index in [2.05, 4.69) is 15.4 Å². The van der Waals surface area contributed by atoms with Crippen LogP contribution in [0.25, 0.3) is 0 Å². The number of nitrogens with one attached hydrogen (secondary N) is 1. The van der Waals surface area contributed by atoms with Crippen LogP contribution in [0, 0.1) is 28.1 Å². The molecule has 0 bridgehead atoms. The predicted octanol–water partition coefficient (Wildman–Crippen LogP) is 2.71. The lowest BCUT2D eigenvalue weighted by atomic mass is 9.92. The maximum atomic E-state index is 13.0. The van der Waals surface area contributed by atoms with Crippen molar-refractivity contribution in [3.63, 3.8) is 0 Å². The maximum absolute atomic E-state index is 13.0. The Kier molecular flexibility index (Phi) is 4.98. The molecule has 0 fully saturated rings. The van der Waals surface area contributed by atoms with Crippen molar-refractivity contribution in [1.29, 1.82) is 10.5 Å². The fourth-order valence-electron chi connectivity index (χ4n) is 2.12. The molecule has 2 rings (SSSR count). The first kappa shape index (κ1) is 18.9. The zero-order valence-corrected chi connectivity index (χ0v) is 13.8. The molecule has 134 valence electrons. The number of hydrogen-bond acceptors (Lipinski definition) is 5. The zero-order valence-electron chi connectivity index (χ0n) is 13.8. The van der Waals surface area contributed by atoms with Gasteiger partial charge in [-0.2, -0.15) is 28.8 Å². The largest absolute Gasteiger partial charge is 0.419 e. The highest BCUT2D eigenvalue weighted by Crippen LogP contribution is 2.33. The molecule has 0 saturated carbocycles. The normalized spacial score (nSPS) is 11.5. The molecule has 1 amide bonds. The molecular weight excluding hydrogens is 349 g/mol. The van der Waals surface area contributed by atoms with Crippen molar-refractivity contribution in [3.05, 3.63) is 41.5 Å². The first-order valence-corrected chi connectivity index (χ1v) is 7.28. The minimum absolute atomic E-state index is 0.107. The number of amides is 1. The second kappa shape index (κ2) is 6.84. The Bertz CT molecular complexity index is 917. The standard InChI is InChI=1S/C16H13F3N6O/c1-15(2,9-25-8-10(4-20)6-23-25)14(26)24-11-3-12(16(17,18)19)13(5-21)22-7-11/h3,6-8H,9H2,1-2H3,(H,24,26). The van der Waals surface area contributed by atoms with Crippen molar-refractivity contribution in [2.75, 3.05) is 5.32 Å². The fraction of sp³-hybridized carbons (Fsp3) is 0.312. The van der Waals surface area contributed by atoms with Crippen molar-refractivity contribution in [2.45, 2.75) is 26.6 Å². The summed E-state index contributed by atoms with van der Waals surface area (Å²) < 4.78 is 40.3. The Labute approximate surface area is 146 Å². The van der Waals surface area contributed by atoms with E-state index < -0.39 is 28.8 Å². The van der Waals surface area contributed by atoms with Gasteiger partial charge in [-0.15, -0.1) is 0 Å². The SMILES string of the molecule is CC(C)(Cn1cc(C#N)cn1)C(=O)Nc1cnc(C#N)c(C(F)(F)F)c1. The van der Waals surface area contributed by atoms with Crippen LogP contribution in [-0.2, 0) is 17.5 Å². The average molecular weight is 362 g/mol. The summed E-state index contributed by atoms with van der Waals surface area (Å²) in [7, 11) is 0. The van der Waals surface area contributed by atoms with Crippen molar-refractivity contribution < 1.29 is 18.0 Å². The second-order valence-corrected chi connectivity index (χ2v) is 6.11. The summed E-state index contributed by atoms with van der Waals surface area (Å²) in [5.74, 6) is -0.564. The predicted molar refractivity (Wildman–Crippen MR) is 83.3 cm³/mol. The first-order valence-electron chi connectivity index (χ1n) is 7.28. The van der Waals surface area contributed by atoms with Gasteiger partial charge in [0.05, 0.1) is 41.2 Å². The van der Waals surface area contributed by atoms with E-state index in [0.717, 1.165) is 6.20 Å². The number of nitrogens with zero attached hydrogens (tertiary/aromatic N) is 5. The molecular formula is C16H13F3N6O. The third-order valence-corrected chi connectivity index (χ3v) is 3.49. The van der Waals surface area contributed by atoms with E-state index in [1.807, 2.05) is 6.07 Å². The van der Waals surface area contributed by atoms with Crippen LogP contribution in [0.4, 0.5) is 18.9 Å². The quantitative estimate of drug-likeness (QED) is 0.900. The highest BCUT2D eigenvalue weighted by Gasteiger charge is 2.35. The number of halogens is 3. The lowest BCUT2D eigenvalue weighted by Gasteiger charge is -2.23. The Balaban J connectivity index is 2.20. The number of pyridine rings is 1. The average Bonchev–Trinajstić information content (AvgIpc) is 3.00. The van der Waals surface area contributed by atoms with Gasteiger partial charge in [-0.25, -0.2) is 4.98 Å². The molecule has 0 aromatic carbocycles. The Hall–Kier alpha value is -3.40. The van der Waals surface area contributed by atoms with Gasteiger partial charge in [-0.05, 0) is 19.9 Å². The molecule has 2 aromatic heterocycles. The molecule has 0 aliphatic rings. The minimum Gasteiger partial charge on any atom is -0.324 e. The summed E-state index contributed by atoms with van der Waals surface area (Å²) in [4.78, 5) is 15.9. The van der Waals surface area contributed by atoms with Crippen molar-refractivity contribution in [1.82, 2.24) is 14.8 Å². The Morgan fingerprint density at radius 2 is 1.96 bits per heavy atom. The summed E-state index contributed by atoms with van der Waals surface area (Å²) in [6.07, 6.45) is -0.977. The van der Waals surface area contributed by atoms with Gasteiger partial charge < -0.3 is 5.32 Å². The molecule has 2 heterocycles. The van der Waals surface area contributed by atoms with Gasteiger partial charge in [0, 0.05) is 6.20 Å². The number of alkyl halides is 3. The highest BCUT2D eigenvalue weighted by molar-refractivity contribution is 5.94. The van der Waals surface area contributed by atoms with Crippen LogP contribution in [0.15, 0.2) is 24.7 Å². The van der Waals surface area contributed by atoms with E-state index in [1.54, 1.807) is 13.8 Å². The van der Waals surface area contributed by atoms with Crippen molar-refractivity contribution >= 4 is 11.6 Å². The number of hydrogen-bond donors (Lipinski definition) is 1. The van der Waals surface area contributed by atoms with Crippen molar-refractivity contribution in [2.24, 2.45) is 5.41 Å². The van der Waals surface area contributed by atoms with Crippen LogP contribution in [0.5, 0.6) is 0 Å². The third-order valence-electron chi connectivity index (χ3n) is 3.49. The number of rotatable bonds is 4. The molecule has 7 nitrogen and oxygen atoms in total. The summed E-state index contributed by atoms with van der Waals surface area (Å²) in [5, 5.41) is 23.8. The van der Waals surface area contributed by atoms with Crippen LogP contribution in [-0.4, -0.2) is 20.7 Å². The zero-order chi connectivity index (χ0) is 19.5. The minimum atomic E-state index is -4.77. The number of anilines is 1. The molecule has 0 aliphatic heterocycles. The molecule has 0 unspecified atom stereocenters. The molecule has 0 atom stereocenters. The molecule has 0 spiro atoms. The van der Waals surface area contributed by atoms with E-state index in [1.165, 1.54) is 23.1 Å². The number of carbonyl (C=O) groups is 1. The Morgan fingerprint density at radius 1 is 1.27 bits per heavy atom. The highest BCUT2D eigenvalue weighted by atomic mass is 19.4. The van der Waals surface area contributed by atoms with Gasteiger partial charge in [0.2, 0.25) is 5.91 Å². The van der Waals surface area contributed by atoms with E-state index in [4.69, 9.17) is 10.5 Å². The number of nitriles is 2. The van der Waals surface area contributed by atoms with Crippen LogP contribution in [0.2, 0.25) is 0 Å². The van der Waals surface area contributed by atoms with Gasteiger partial charge in [0.1, 0.15) is 12.1 Å². The van der Waals surface area contributed by atoms with Gasteiger partial charge in [0.25, 0.3) is 0 Å². The number of carbonyl (C=O) groups excluding carboxylic acids is 1. The number of aromatic nitrogens is 3. The van der Waals surface area contributed by atoms with Crippen LogP contribution >= 0.6 is 0 Å². The van der Waals surface area contributed by atoms with Gasteiger partial charge in [-0.3, -0.25) is 9.48 Å². The summed E-state index contributed by atoms with van der Waals surface area (Å²) in [5.41, 5.74) is -2.87. The van der Waals surface area contributed by atoms with Crippen LogP contribution in [0.3, 0.4) is 0 Å². The molecule has 0 aliphatic carbocycles. The second-order valence-electron chi connectivity index (χ2n) is 6.11. The van der Waals surface area contributed by atoms with Crippen LogP contribution < -0.4 is 5.32 Å². The van der Waals surface area contributed by atoms with Crippen LogP contribution in [0.1, 0.15) is 30.7 Å². The summed E-state index contributed by atoms with van der Waals surface area (Å²) in [6.45, 7) is 3.27. The van der Waals surface area contributed by atoms with Crippen molar-refractivity contribution in [3.8, 4) is 12.1 Å². The first-order chi connectivity index (χ1) is 12.1. The van der Waals surface area contributed by atoms with E-state index in [9.17, 15) is 18.0 Å². The molecule has 2 aromatic rings. The van der Waals surface area contributed by atoms with E-state index in [0.29, 0.717) is 11.6 Å². The lowest BCUT2D eigenvalue weighted by Crippen LogP contribution is -2.35. The maximum Gasteiger partial charge on any atom is 0.419 e. The van der Waals surface area contributed by atoms with Gasteiger partial charge >= 0.3 is 6.18 Å². The lowest BCUT2D eigenvalue weighted by molar-refractivity contribution is -0.138. The smallest absolute Gasteiger partial charge is 0.324 e. The molecule has 0 radical (unpaired) electrons. The van der Waals surface area contributed by atoms with Gasteiger partial charge in [0.15, 0.2) is 5.69 Å². The molecule has 26 heavy (non-hydrogen) atoms. The van der Waals surface area contributed by atoms with E-state index >= 15 is 0 Å². The monoisotopic (exact) mass is 362 g/mol. The van der Waals surface area contributed by atoms with E-state index in [-0.39, 0.29) is 12.2 Å². The third kappa shape index (κ3) is 4.16. The molecule has 0 saturated heterocycles.